The molecule has 6 nitrogen and oxygen atoms in total. The lowest BCUT2D eigenvalue weighted by Crippen LogP contribution is -2.63. The normalized spacial score (nSPS) is 40.5. The second kappa shape index (κ2) is 15.9. The zero-order chi connectivity index (χ0) is 30.3. The van der Waals surface area contributed by atoms with Gasteiger partial charge in [0, 0.05) is 25.2 Å². The van der Waals surface area contributed by atoms with Crippen molar-refractivity contribution >= 4 is 0 Å². The molecule has 6 heteroatoms. The Bertz CT molecular complexity index is 791. The molecule has 0 spiro atoms. The first-order valence-corrected chi connectivity index (χ1v) is 17.8. The van der Waals surface area contributed by atoms with Gasteiger partial charge in [-0.25, -0.2) is 0 Å². The van der Waals surface area contributed by atoms with Crippen molar-refractivity contribution < 1.29 is 28.4 Å². The lowest BCUT2D eigenvalue weighted by Gasteiger charge is -2.64. The van der Waals surface area contributed by atoms with Crippen LogP contribution >= 0.6 is 0 Å². The molecule has 4 fully saturated rings. The summed E-state index contributed by atoms with van der Waals surface area (Å²) in [6.07, 6.45) is 13.0. The van der Waals surface area contributed by atoms with Gasteiger partial charge in [-0.3, -0.25) is 0 Å². The number of hydrogen-bond donors (Lipinski definition) is 0. The Morgan fingerprint density at radius 3 is 2.05 bits per heavy atom. The predicted molar refractivity (Wildman–Crippen MR) is 168 cm³/mol. The Morgan fingerprint density at radius 2 is 1.38 bits per heavy atom. The average Bonchev–Trinajstić information content (AvgIpc) is 3.32. The maximum Gasteiger partial charge on any atom is 0.147 e. The van der Waals surface area contributed by atoms with Crippen LogP contribution in [-0.2, 0) is 28.4 Å². The van der Waals surface area contributed by atoms with E-state index < -0.39 is 0 Å². The van der Waals surface area contributed by atoms with Gasteiger partial charge in [-0.2, -0.15) is 0 Å². The zero-order valence-electron chi connectivity index (χ0n) is 28.5. The van der Waals surface area contributed by atoms with Crippen LogP contribution in [-0.4, -0.2) is 58.5 Å². The van der Waals surface area contributed by atoms with Crippen molar-refractivity contribution in [3.05, 3.63) is 0 Å². The number of fused-ring (bicyclic) bond motifs is 5. The minimum Gasteiger partial charge on any atom is -0.356 e. The minimum absolute atomic E-state index is 0.143. The summed E-state index contributed by atoms with van der Waals surface area (Å²) >= 11 is 0. The molecule has 0 aliphatic heterocycles. The van der Waals surface area contributed by atoms with Crippen molar-refractivity contribution in [2.24, 2.45) is 52.3 Å². The van der Waals surface area contributed by atoms with E-state index in [1.165, 1.54) is 38.5 Å². The Morgan fingerprint density at radius 1 is 0.714 bits per heavy atom. The van der Waals surface area contributed by atoms with E-state index in [0.717, 1.165) is 31.6 Å². The van der Waals surface area contributed by atoms with Crippen LogP contribution in [0.25, 0.3) is 0 Å². The largest absolute Gasteiger partial charge is 0.356 e. The topological polar surface area (TPSA) is 55.4 Å². The average molecular weight is 595 g/mol. The van der Waals surface area contributed by atoms with E-state index in [2.05, 4.69) is 48.5 Å². The smallest absolute Gasteiger partial charge is 0.147 e. The van der Waals surface area contributed by atoms with Crippen LogP contribution < -0.4 is 0 Å². The van der Waals surface area contributed by atoms with Gasteiger partial charge in [-0.15, -0.1) is 0 Å². The molecule has 4 aliphatic rings. The molecule has 4 rings (SSSR count). The van der Waals surface area contributed by atoms with E-state index in [1.54, 1.807) is 0 Å². The summed E-state index contributed by atoms with van der Waals surface area (Å²) in [7, 11) is 0. The predicted octanol–water partition coefficient (Wildman–Crippen LogP) is 8.47. The summed E-state index contributed by atoms with van der Waals surface area (Å²) in [5.41, 5.74) is 0.418. The second-order valence-electron chi connectivity index (χ2n) is 15.1. The fraction of sp³-hybridized carbons (Fsp3) is 1.00. The van der Waals surface area contributed by atoms with E-state index in [4.69, 9.17) is 28.4 Å². The summed E-state index contributed by atoms with van der Waals surface area (Å²) < 4.78 is 37.0. The maximum absolute atomic E-state index is 6.83. The standard InChI is InChI=1S/C36H66O6/c1-9-37-22-40-28-17-18-35(7)27(19-28)20-32(41-23-38-10-2)34-30-16-15-29(26(6)14-12-13-25(4)5)36(30,8)33(21-31(34)35)42-24-39-11-3/h25-34H,9-24H2,1-8H3/t26-,27+,28-,29-,30+,31+,32-,33+,34+,35+,36-/m1/s1. The SMILES string of the molecule is CCOCO[C@@H]1CC[C@@]2(C)[C@@H](C1)C[C@@H](OCOCC)[C@@H]1[C@@H]2C[C@H](OCOCC)[C@]2(C)[C@@H]([C@H](C)CCCC(C)C)CC[C@@H]12. The fourth-order valence-corrected chi connectivity index (χ4v) is 10.3. The number of ether oxygens (including phenoxy) is 6. The fourth-order valence-electron chi connectivity index (χ4n) is 10.3. The van der Waals surface area contributed by atoms with Crippen LogP contribution in [0.5, 0.6) is 0 Å². The Balaban J connectivity index is 1.62. The molecule has 0 bridgehead atoms. The summed E-state index contributed by atoms with van der Waals surface area (Å²) in [5.74, 6) is 4.49. The molecule has 0 saturated heterocycles. The first-order chi connectivity index (χ1) is 20.2. The molecular weight excluding hydrogens is 528 g/mol. The minimum atomic E-state index is 0.143. The third kappa shape index (κ3) is 7.41. The van der Waals surface area contributed by atoms with Crippen LogP contribution in [0.15, 0.2) is 0 Å². The maximum atomic E-state index is 6.83. The summed E-state index contributed by atoms with van der Waals surface area (Å²) in [6.45, 7) is 21.9. The first-order valence-electron chi connectivity index (χ1n) is 17.8. The molecule has 4 saturated carbocycles. The molecular formula is C36H66O6. The van der Waals surface area contributed by atoms with Crippen LogP contribution in [0.4, 0.5) is 0 Å². The number of hydrogen-bond acceptors (Lipinski definition) is 6. The molecule has 0 N–H and O–H groups in total. The van der Waals surface area contributed by atoms with Crippen molar-refractivity contribution in [3.63, 3.8) is 0 Å². The molecule has 4 aliphatic carbocycles. The van der Waals surface area contributed by atoms with Gasteiger partial charge in [0.2, 0.25) is 0 Å². The van der Waals surface area contributed by atoms with Crippen LogP contribution in [0.1, 0.15) is 120 Å². The quantitative estimate of drug-likeness (QED) is 0.124. The van der Waals surface area contributed by atoms with E-state index >= 15 is 0 Å². The van der Waals surface area contributed by atoms with Gasteiger partial charge in [0.1, 0.15) is 20.4 Å². The second-order valence-corrected chi connectivity index (χ2v) is 15.1. The molecule has 246 valence electrons. The number of rotatable bonds is 17. The molecule has 0 aromatic carbocycles. The molecule has 42 heavy (non-hydrogen) atoms. The van der Waals surface area contributed by atoms with Gasteiger partial charge in [0.25, 0.3) is 0 Å². The highest BCUT2D eigenvalue weighted by Gasteiger charge is 2.66. The van der Waals surface area contributed by atoms with Gasteiger partial charge in [0.05, 0.1) is 18.3 Å². The van der Waals surface area contributed by atoms with E-state index in [9.17, 15) is 0 Å². The molecule has 0 radical (unpaired) electrons. The molecule has 11 atom stereocenters. The Kier molecular flexibility index (Phi) is 13.1. The van der Waals surface area contributed by atoms with Crippen molar-refractivity contribution in [2.45, 2.75) is 138 Å². The van der Waals surface area contributed by atoms with Crippen molar-refractivity contribution in [1.82, 2.24) is 0 Å². The molecule has 0 amide bonds. The molecule has 0 heterocycles. The lowest BCUT2D eigenvalue weighted by atomic mass is 9.43. The lowest BCUT2D eigenvalue weighted by molar-refractivity contribution is -0.252. The van der Waals surface area contributed by atoms with E-state index in [0.29, 0.717) is 75.7 Å². The van der Waals surface area contributed by atoms with Gasteiger partial charge in [0.15, 0.2) is 0 Å². The monoisotopic (exact) mass is 594 g/mol. The van der Waals surface area contributed by atoms with Crippen LogP contribution in [0, 0.1) is 52.3 Å². The van der Waals surface area contributed by atoms with Crippen LogP contribution in [0.3, 0.4) is 0 Å². The van der Waals surface area contributed by atoms with Crippen LogP contribution in [0.2, 0.25) is 0 Å². The Labute approximate surface area is 258 Å². The third-order valence-electron chi connectivity index (χ3n) is 12.6. The summed E-state index contributed by atoms with van der Waals surface area (Å²) in [5, 5.41) is 0. The zero-order valence-corrected chi connectivity index (χ0v) is 28.5. The summed E-state index contributed by atoms with van der Waals surface area (Å²) in [4.78, 5) is 0. The van der Waals surface area contributed by atoms with E-state index in [-0.39, 0.29) is 29.1 Å². The van der Waals surface area contributed by atoms with Crippen molar-refractivity contribution in [1.29, 1.82) is 0 Å². The highest BCUT2D eigenvalue weighted by molar-refractivity contribution is 5.15. The first kappa shape index (κ1) is 34.6. The Hall–Kier alpha value is -0.240. The van der Waals surface area contributed by atoms with Gasteiger partial charge in [-0.1, -0.05) is 53.9 Å². The van der Waals surface area contributed by atoms with Gasteiger partial charge in [-0.05, 0) is 113 Å². The highest BCUT2D eigenvalue weighted by Crippen LogP contribution is 2.69. The summed E-state index contributed by atoms with van der Waals surface area (Å²) in [6, 6.07) is 0. The molecule has 0 unspecified atom stereocenters. The highest BCUT2D eigenvalue weighted by atomic mass is 16.7. The van der Waals surface area contributed by atoms with Crippen molar-refractivity contribution in [2.75, 3.05) is 40.2 Å². The molecule has 0 aromatic rings. The third-order valence-corrected chi connectivity index (χ3v) is 12.6. The van der Waals surface area contributed by atoms with Gasteiger partial charge >= 0.3 is 0 Å². The van der Waals surface area contributed by atoms with Crippen molar-refractivity contribution in [3.8, 4) is 0 Å². The van der Waals surface area contributed by atoms with E-state index in [1.807, 2.05) is 6.92 Å². The molecule has 0 aromatic heterocycles. The van der Waals surface area contributed by atoms with Gasteiger partial charge < -0.3 is 28.4 Å².